The zero-order chi connectivity index (χ0) is 76.5. The van der Waals surface area contributed by atoms with E-state index in [-0.39, 0.29) is 53.0 Å². The number of carbonyl (C=O) groups excluding carboxylic acids is 3. The lowest BCUT2D eigenvalue weighted by Gasteiger charge is -2.11. The van der Waals surface area contributed by atoms with Crippen LogP contribution in [0.2, 0.25) is 0 Å². The molecule has 0 saturated heterocycles. The zero-order valence-corrected chi connectivity index (χ0v) is 61.0. The smallest absolute Gasteiger partial charge is 0.320 e. The molecular weight excluding hydrogens is 1440 g/mol. The second-order valence-electron chi connectivity index (χ2n) is 24.3. The van der Waals surface area contributed by atoms with Crippen molar-refractivity contribution < 1.29 is 57.5 Å². The molecule has 12 aromatic rings. The van der Waals surface area contributed by atoms with Gasteiger partial charge in [-0.25, -0.2) is 103 Å². The second-order valence-corrected chi connectivity index (χ2v) is 30.3. The summed E-state index contributed by atoms with van der Waals surface area (Å²) in [6, 6.07) is 14.4. The van der Waals surface area contributed by atoms with Gasteiger partial charge < -0.3 is 51.6 Å². The summed E-state index contributed by atoms with van der Waals surface area (Å²) >= 11 is 0. The van der Waals surface area contributed by atoms with Crippen LogP contribution in [0.25, 0.3) is 66.6 Å². The third-order valence-electron chi connectivity index (χ3n) is 15.3. The van der Waals surface area contributed by atoms with Crippen LogP contribution in [0.15, 0.2) is 137 Å². The fraction of sp³-hybridized carbons (Fsp3) is 0.221. The molecular formula is C68H71F3N22O10S3. The van der Waals surface area contributed by atoms with Gasteiger partial charge in [-0.1, -0.05) is 18.2 Å². The number of urea groups is 3. The molecule has 0 bridgehead atoms. The highest BCUT2D eigenvalue weighted by atomic mass is 32.2. The van der Waals surface area contributed by atoms with Crippen LogP contribution in [0.3, 0.4) is 0 Å². The first kappa shape index (κ1) is 76.4. The summed E-state index contributed by atoms with van der Waals surface area (Å²) in [6.45, 7) is 13.6. The van der Waals surface area contributed by atoms with E-state index >= 15 is 0 Å². The molecule has 0 spiro atoms. The number of aromatic amines is 3. The van der Waals surface area contributed by atoms with Gasteiger partial charge in [0.05, 0.1) is 51.8 Å². The van der Waals surface area contributed by atoms with Crippen molar-refractivity contribution in [3.8, 4) is 33.8 Å². The number of carbonyl (C=O) groups is 3. The number of benzene rings is 3. The molecule has 32 nitrogen and oxygen atoms in total. The molecule has 0 aliphatic heterocycles. The number of pyridine rings is 2. The summed E-state index contributed by atoms with van der Waals surface area (Å²) in [5.74, 6) is -1.52. The van der Waals surface area contributed by atoms with Gasteiger partial charge in [-0.05, 0) is 114 Å². The lowest BCUT2D eigenvalue weighted by molar-refractivity contribution is 0.198. The monoisotopic (exact) mass is 1510 g/mol. The number of methoxy groups -OCH3 is 1. The largest absolute Gasteiger partial charge is 0.383 e. The Morgan fingerprint density at radius 1 is 0.472 bits per heavy atom. The fourth-order valence-corrected chi connectivity index (χ4v) is 12.8. The molecule has 12 rings (SSSR count). The van der Waals surface area contributed by atoms with Crippen molar-refractivity contribution in [1.29, 1.82) is 0 Å². The van der Waals surface area contributed by atoms with Crippen LogP contribution in [-0.4, -0.2) is 159 Å². The molecule has 3 aromatic carbocycles. The van der Waals surface area contributed by atoms with E-state index < -0.39 is 73.7 Å². The van der Waals surface area contributed by atoms with Crippen molar-refractivity contribution in [2.75, 3.05) is 70.9 Å². The number of H-pyrrole nitrogens is 3. The van der Waals surface area contributed by atoms with Crippen molar-refractivity contribution in [3.05, 3.63) is 157 Å². The molecule has 0 aliphatic carbocycles. The fourth-order valence-electron chi connectivity index (χ4n) is 10.5. The Bertz CT molecular complexity index is 5480. The van der Waals surface area contributed by atoms with Crippen molar-refractivity contribution in [3.63, 3.8) is 0 Å². The Kier molecular flexibility index (Phi) is 23.2. The third-order valence-corrected chi connectivity index (χ3v) is 18.6. The van der Waals surface area contributed by atoms with E-state index in [0.717, 1.165) is 46.2 Å². The van der Waals surface area contributed by atoms with Crippen molar-refractivity contribution in [1.82, 2.24) is 80.7 Å². The zero-order valence-electron chi connectivity index (χ0n) is 58.5. The maximum Gasteiger partial charge on any atom is 0.320 e. The van der Waals surface area contributed by atoms with Crippen molar-refractivity contribution in [2.45, 2.75) is 75.2 Å². The molecule has 0 atom stereocenters. The first-order valence-corrected chi connectivity index (χ1v) is 37.7. The predicted octanol–water partition coefficient (Wildman–Crippen LogP) is 11.1. The van der Waals surface area contributed by atoms with Crippen LogP contribution in [0.4, 0.5) is 79.9 Å². The van der Waals surface area contributed by atoms with Crippen LogP contribution in [0.5, 0.6) is 0 Å². The summed E-state index contributed by atoms with van der Waals surface area (Å²) in [6.07, 6.45) is 17.1. The van der Waals surface area contributed by atoms with Crippen LogP contribution < -0.4 is 47.9 Å². The normalized spacial score (nSPS) is 11.5. The van der Waals surface area contributed by atoms with E-state index in [9.17, 15) is 52.8 Å². The number of rotatable bonds is 20. The average molecular weight is 1510 g/mol. The Balaban J connectivity index is 0.000000170. The number of fused-ring (bicyclic) bond motifs is 3. The van der Waals surface area contributed by atoms with Crippen LogP contribution >= 0.6 is 0 Å². The number of sulfone groups is 3. The van der Waals surface area contributed by atoms with Gasteiger partial charge in [0.2, 0.25) is 17.8 Å². The Labute approximate surface area is 604 Å². The molecule has 552 valence electrons. The van der Waals surface area contributed by atoms with Gasteiger partial charge in [0.25, 0.3) is 0 Å². The number of hydrogen-bond acceptors (Lipinski definition) is 23. The molecule has 0 saturated carbocycles. The lowest BCUT2D eigenvalue weighted by atomic mass is 10.1. The number of ether oxygens (including phenoxy) is 1. The van der Waals surface area contributed by atoms with E-state index in [0.29, 0.717) is 86.4 Å². The van der Waals surface area contributed by atoms with Gasteiger partial charge in [0.15, 0.2) is 64.4 Å². The summed E-state index contributed by atoms with van der Waals surface area (Å²) in [5.41, 5.74) is 7.90. The molecule has 38 heteroatoms. The summed E-state index contributed by atoms with van der Waals surface area (Å²) < 4.78 is 120. The number of amides is 6. The van der Waals surface area contributed by atoms with E-state index in [4.69, 9.17) is 4.74 Å². The van der Waals surface area contributed by atoms with E-state index in [1.807, 2.05) is 41.5 Å². The minimum absolute atomic E-state index is 0.0361. The number of hydrogen-bond donors (Lipinski definition) is 12. The molecule has 12 N–H and O–H groups in total. The Morgan fingerprint density at radius 3 is 1.21 bits per heavy atom. The van der Waals surface area contributed by atoms with Gasteiger partial charge in [-0.2, -0.15) is 0 Å². The molecule has 0 fully saturated rings. The van der Waals surface area contributed by atoms with E-state index in [2.05, 4.69) is 113 Å². The first-order chi connectivity index (χ1) is 50.3. The number of nitrogens with one attached hydrogen (secondary N) is 12. The summed E-state index contributed by atoms with van der Waals surface area (Å²) in [5, 5.41) is 26.1. The number of halogens is 3. The number of nitrogens with zero attached hydrogens (tertiary/aromatic N) is 10. The average Bonchev–Trinajstić information content (AvgIpc) is 1.67. The molecule has 106 heavy (non-hydrogen) atoms. The van der Waals surface area contributed by atoms with Gasteiger partial charge in [-0.15, -0.1) is 0 Å². The van der Waals surface area contributed by atoms with Crippen LogP contribution in [0.1, 0.15) is 44.4 Å². The molecule has 0 aliphatic rings. The SMILES string of the molecule is COCCNC(=O)Nc1nccc2c(-c3nc(Nc4cccc(S(C)(=O)=O)c4F)ncc3C)c[nH]c12.Cc1cnc(Nc2cccc(S(C)(=O)=O)c2F)nc1-c1c[nH]c2c(NC(=O)NC(C)C)nccc12.Cc1cnc(Nc2cccc(S(C)(=O)=O)c2F)nc1-c1c[nH]c2c(NC(=O)NC(C)C)ncnc12. The number of aryl methyl sites for hydroxylation is 3. The highest BCUT2D eigenvalue weighted by Gasteiger charge is 2.25. The number of aromatic nitrogens is 13. The first-order valence-electron chi connectivity index (χ1n) is 32.0. The molecule has 9 heterocycles. The van der Waals surface area contributed by atoms with Crippen molar-refractivity contribution >= 4 is 133 Å². The summed E-state index contributed by atoms with van der Waals surface area (Å²) in [7, 11) is -9.70. The maximum atomic E-state index is 14.8. The third kappa shape index (κ3) is 18.0. The highest BCUT2D eigenvalue weighted by Crippen LogP contribution is 2.37. The minimum atomic E-state index is -3.75. The second kappa shape index (κ2) is 32.2. The lowest BCUT2D eigenvalue weighted by Crippen LogP contribution is -2.34. The molecule has 0 unspecified atom stereocenters. The Morgan fingerprint density at radius 2 is 0.830 bits per heavy atom. The topological polar surface area (TPSA) is 447 Å². The van der Waals surface area contributed by atoms with E-state index in [1.54, 1.807) is 75.7 Å². The molecule has 0 radical (unpaired) electrons. The predicted molar refractivity (Wildman–Crippen MR) is 395 cm³/mol. The summed E-state index contributed by atoms with van der Waals surface area (Å²) in [4.78, 5) is 87.7. The molecule has 6 amide bonds. The number of anilines is 9. The van der Waals surface area contributed by atoms with Gasteiger partial charge in [-0.3, -0.25) is 16.0 Å². The van der Waals surface area contributed by atoms with E-state index in [1.165, 1.54) is 60.9 Å². The van der Waals surface area contributed by atoms with Gasteiger partial charge >= 0.3 is 18.1 Å². The van der Waals surface area contributed by atoms with Crippen LogP contribution in [0, 0.1) is 38.2 Å². The van der Waals surface area contributed by atoms with Crippen molar-refractivity contribution in [2.24, 2.45) is 0 Å². The highest BCUT2D eigenvalue weighted by molar-refractivity contribution is 7.91. The standard InChI is InChI=1S/C23H24FN7O4S.C23H24FN7O3S.C22H23FN8O3S/c1-13-11-28-22(29-16-5-4-6-17(18(16)24)36(3,33)34)30-19(13)15-12-27-20-14(15)7-8-25-21(20)31-23(32)26-9-10-35-2;1-12(2)28-23(32)31-21-20-14(8-9-25-21)15(11-26-20)19-13(3)10-27-22(30-19)29-16-6-5-7-17(18(16)24)35(4,33)34;1-11(2)28-22(32)31-20-19-18(26-10-27-20)13(9-24-19)17-12(3)8-25-21(30-17)29-14-6-5-7-15(16(14)23)35(4,33)34/h4-8,11-12,27H,9-10H2,1-3H3,(H,28,29,30)(H2,25,26,31,32);5-12,26H,1-4H3,(H,27,29,30)(H2,25,28,31,32);5-11,24H,1-4H3,(H,25,29,30)(H2,26,27,28,31,32). The van der Waals surface area contributed by atoms with Crippen LogP contribution in [-0.2, 0) is 34.2 Å². The Hall–Kier alpha value is -12.3. The van der Waals surface area contributed by atoms with Gasteiger partial charge in [0, 0.05) is 122 Å². The molecule has 9 aromatic heterocycles. The quantitative estimate of drug-likeness (QED) is 0.0315. The minimum Gasteiger partial charge on any atom is -0.383 e. The van der Waals surface area contributed by atoms with Gasteiger partial charge in [0.1, 0.15) is 32.0 Å². The maximum absolute atomic E-state index is 14.8.